The van der Waals surface area contributed by atoms with Crippen molar-refractivity contribution in [2.45, 2.75) is 19.9 Å². The van der Waals surface area contributed by atoms with Crippen molar-refractivity contribution in [2.24, 2.45) is 0 Å². The Bertz CT molecular complexity index is 157. The Kier molecular flexibility index (Phi) is 4.45. The van der Waals surface area contributed by atoms with Crippen molar-refractivity contribution < 1.29 is 9.59 Å². The minimum Gasteiger partial charge on any atom is -0.345 e. The van der Waals surface area contributed by atoms with Gasteiger partial charge in [0, 0.05) is 0 Å². The van der Waals surface area contributed by atoms with Crippen molar-refractivity contribution in [3.8, 4) is 0 Å². The smallest absolute Gasteiger partial charge is 0.234 e. The van der Waals surface area contributed by atoms with Crippen LogP contribution < -0.4 is 10.6 Å². The van der Waals surface area contributed by atoms with Gasteiger partial charge < -0.3 is 10.6 Å². The summed E-state index contributed by atoms with van der Waals surface area (Å²) in [6, 6.07) is -0.379. The fourth-order valence-corrected chi connectivity index (χ4v) is 0.555. The standard InChI is InChI=1S/C7H14N2O2/c1-5(6(2)10)9-7(11)4-8-3/h5,8H,4H2,1-3H3,(H,9,11)/t5-/m0/s1. The van der Waals surface area contributed by atoms with Crippen LogP contribution in [0.2, 0.25) is 0 Å². The van der Waals surface area contributed by atoms with E-state index in [1.807, 2.05) is 0 Å². The Balaban J connectivity index is 3.66. The van der Waals surface area contributed by atoms with Crippen LogP contribution in [0.3, 0.4) is 0 Å². The van der Waals surface area contributed by atoms with Crippen molar-refractivity contribution in [1.82, 2.24) is 10.6 Å². The van der Waals surface area contributed by atoms with E-state index in [0.29, 0.717) is 0 Å². The quantitative estimate of drug-likeness (QED) is 0.568. The molecule has 64 valence electrons. The molecule has 0 radical (unpaired) electrons. The molecular formula is C7H14N2O2. The fraction of sp³-hybridized carbons (Fsp3) is 0.714. The highest BCUT2D eigenvalue weighted by Gasteiger charge is 2.09. The van der Waals surface area contributed by atoms with E-state index in [4.69, 9.17) is 0 Å². The lowest BCUT2D eigenvalue weighted by Gasteiger charge is -2.09. The summed E-state index contributed by atoms with van der Waals surface area (Å²) in [5.41, 5.74) is 0. The number of hydrogen-bond acceptors (Lipinski definition) is 3. The summed E-state index contributed by atoms with van der Waals surface area (Å²) in [7, 11) is 1.68. The summed E-state index contributed by atoms with van der Waals surface area (Å²) in [6.45, 7) is 3.36. The first-order chi connectivity index (χ1) is 5.07. The number of ketones is 1. The molecule has 0 unspecified atom stereocenters. The zero-order valence-corrected chi connectivity index (χ0v) is 7.10. The highest BCUT2D eigenvalue weighted by molar-refractivity contribution is 5.87. The maximum absolute atomic E-state index is 10.8. The number of Topliss-reactive ketones (excluding diaryl/α,β-unsaturated/α-hetero) is 1. The van der Waals surface area contributed by atoms with Crippen LogP contribution in [0.15, 0.2) is 0 Å². The Morgan fingerprint density at radius 3 is 2.36 bits per heavy atom. The van der Waals surface area contributed by atoms with Gasteiger partial charge in [0.05, 0.1) is 12.6 Å². The average molecular weight is 158 g/mol. The number of rotatable bonds is 4. The van der Waals surface area contributed by atoms with E-state index in [-0.39, 0.29) is 24.3 Å². The topological polar surface area (TPSA) is 58.2 Å². The number of amides is 1. The first kappa shape index (κ1) is 10.1. The van der Waals surface area contributed by atoms with Gasteiger partial charge in [-0.25, -0.2) is 0 Å². The summed E-state index contributed by atoms with van der Waals surface area (Å²) in [6.07, 6.45) is 0. The van der Waals surface area contributed by atoms with E-state index in [9.17, 15) is 9.59 Å². The minimum atomic E-state index is -0.379. The lowest BCUT2D eigenvalue weighted by atomic mass is 10.2. The molecule has 0 aliphatic heterocycles. The van der Waals surface area contributed by atoms with Crippen molar-refractivity contribution in [3.05, 3.63) is 0 Å². The van der Waals surface area contributed by atoms with Crippen molar-refractivity contribution in [1.29, 1.82) is 0 Å². The zero-order valence-electron chi connectivity index (χ0n) is 7.10. The van der Waals surface area contributed by atoms with Crippen LogP contribution in [0, 0.1) is 0 Å². The molecule has 1 amide bonds. The number of nitrogens with one attached hydrogen (secondary N) is 2. The first-order valence-electron chi connectivity index (χ1n) is 3.52. The molecule has 0 bridgehead atoms. The number of carbonyl (C=O) groups excluding carboxylic acids is 2. The second-order valence-electron chi connectivity index (χ2n) is 2.43. The Morgan fingerprint density at radius 2 is 2.00 bits per heavy atom. The predicted molar refractivity (Wildman–Crippen MR) is 42.2 cm³/mol. The lowest BCUT2D eigenvalue weighted by Crippen LogP contribution is -2.41. The van der Waals surface area contributed by atoms with Crippen LogP contribution in [0.5, 0.6) is 0 Å². The molecule has 0 aromatic rings. The minimum absolute atomic E-state index is 0.0329. The van der Waals surface area contributed by atoms with Gasteiger partial charge in [-0.15, -0.1) is 0 Å². The van der Waals surface area contributed by atoms with Gasteiger partial charge in [0.2, 0.25) is 5.91 Å². The third-order valence-corrected chi connectivity index (χ3v) is 1.32. The van der Waals surface area contributed by atoms with Crippen molar-refractivity contribution in [2.75, 3.05) is 13.6 Å². The van der Waals surface area contributed by atoms with Gasteiger partial charge in [0.25, 0.3) is 0 Å². The van der Waals surface area contributed by atoms with Gasteiger partial charge in [0.15, 0.2) is 5.78 Å². The van der Waals surface area contributed by atoms with Crippen LogP contribution >= 0.6 is 0 Å². The second-order valence-corrected chi connectivity index (χ2v) is 2.43. The lowest BCUT2D eigenvalue weighted by molar-refractivity contribution is -0.125. The van der Waals surface area contributed by atoms with Crippen LogP contribution in [0.1, 0.15) is 13.8 Å². The van der Waals surface area contributed by atoms with Gasteiger partial charge in [-0.3, -0.25) is 9.59 Å². The van der Waals surface area contributed by atoms with E-state index in [2.05, 4.69) is 10.6 Å². The molecule has 0 spiro atoms. The molecule has 0 aliphatic rings. The van der Waals surface area contributed by atoms with Crippen molar-refractivity contribution >= 4 is 11.7 Å². The number of carbonyl (C=O) groups is 2. The summed E-state index contributed by atoms with van der Waals surface area (Å²) < 4.78 is 0. The number of likely N-dealkylation sites (N-methyl/N-ethyl adjacent to an activating group) is 1. The monoisotopic (exact) mass is 158 g/mol. The molecule has 0 saturated heterocycles. The van der Waals surface area contributed by atoms with E-state index in [1.54, 1.807) is 14.0 Å². The third kappa shape index (κ3) is 4.50. The van der Waals surface area contributed by atoms with Gasteiger partial charge in [0.1, 0.15) is 0 Å². The molecular weight excluding hydrogens is 144 g/mol. The van der Waals surface area contributed by atoms with Gasteiger partial charge in [-0.05, 0) is 20.9 Å². The average Bonchev–Trinajstić information content (AvgIpc) is 1.87. The Labute approximate surface area is 66.4 Å². The molecule has 4 heteroatoms. The van der Waals surface area contributed by atoms with E-state index < -0.39 is 0 Å². The summed E-state index contributed by atoms with van der Waals surface area (Å²) in [5, 5.41) is 5.22. The van der Waals surface area contributed by atoms with Gasteiger partial charge in [-0.1, -0.05) is 0 Å². The van der Waals surface area contributed by atoms with E-state index in [0.717, 1.165) is 0 Å². The molecule has 0 aromatic heterocycles. The molecule has 4 nitrogen and oxygen atoms in total. The summed E-state index contributed by atoms with van der Waals surface area (Å²) >= 11 is 0. The van der Waals surface area contributed by atoms with Gasteiger partial charge in [-0.2, -0.15) is 0 Å². The SMILES string of the molecule is CNCC(=O)N[C@@H](C)C(C)=O. The van der Waals surface area contributed by atoms with Crippen LogP contribution in [0.4, 0.5) is 0 Å². The van der Waals surface area contributed by atoms with E-state index >= 15 is 0 Å². The van der Waals surface area contributed by atoms with Crippen LogP contribution in [0.25, 0.3) is 0 Å². The first-order valence-corrected chi connectivity index (χ1v) is 3.52. The van der Waals surface area contributed by atoms with E-state index in [1.165, 1.54) is 6.92 Å². The maximum atomic E-state index is 10.8. The molecule has 0 rings (SSSR count). The summed E-state index contributed by atoms with van der Waals surface area (Å²) in [5.74, 6) is -0.190. The molecule has 1 atom stereocenters. The highest BCUT2D eigenvalue weighted by Crippen LogP contribution is 1.81. The highest BCUT2D eigenvalue weighted by atomic mass is 16.2. The second kappa shape index (κ2) is 4.85. The largest absolute Gasteiger partial charge is 0.345 e. The molecule has 2 N–H and O–H groups in total. The normalized spacial score (nSPS) is 12.3. The molecule has 0 saturated carbocycles. The predicted octanol–water partition coefficient (Wildman–Crippen LogP) is -0.701. The molecule has 0 heterocycles. The third-order valence-electron chi connectivity index (χ3n) is 1.32. The zero-order chi connectivity index (χ0) is 8.85. The van der Waals surface area contributed by atoms with Gasteiger partial charge >= 0.3 is 0 Å². The Hall–Kier alpha value is -0.900. The Morgan fingerprint density at radius 1 is 1.45 bits per heavy atom. The molecule has 11 heavy (non-hydrogen) atoms. The molecule has 0 fully saturated rings. The van der Waals surface area contributed by atoms with Crippen molar-refractivity contribution in [3.63, 3.8) is 0 Å². The molecule has 0 aromatic carbocycles. The fourth-order valence-electron chi connectivity index (χ4n) is 0.555. The molecule has 0 aliphatic carbocycles. The summed E-state index contributed by atoms with van der Waals surface area (Å²) in [4.78, 5) is 21.5. The maximum Gasteiger partial charge on any atom is 0.234 e. The van der Waals surface area contributed by atoms with Crippen LogP contribution in [-0.2, 0) is 9.59 Å². The van der Waals surface area contributed by atoms with Crippen LogP contribution in [-0.4, -0.2) is 31.3 Å². The number of hydrogen-bond donors (Lipinski definition) is 2.